The second kappa shape index (κ2) is 7.57. The maximum absolute atomic E-state index is 13.5. The minimum atomic E-state index is -1.31. The average molecular weight is 401 g/mol. The molecule has 8 heteroatoms. The highest BCUT2D eigenvalue weighted by Gasteiger charge is 2.29. The predicted octanol–water partition coefficient (Wildman–Crippen LogP) is 2.69. The Labute approximate surface area is 145 Å². The Morgan fingerprint density at radius 1 is 1.38 bits per heavy atom. The van der Waals surface area contributed by atoms with Crippen LogP contribution >= 0.6 is 15.9 Å². The van der Waals surface area contributed by atoms with Gasteiger partial charge >= 0.3 is 17.9 Å². The number of esters is 2. The van der Waals surface area contributed by atoms with E-state index in [2.05, 4.69) is 27.2 Å². The van der Waals surface area contributed by atoms with Crippen molar-refractivity contribution < 1.29 is 33.4 Å². The van der Waals surface area contributed by atoms with Gasteiger partial charge in [0.15, 0.2) is 6.61 Å². The van der Waals surface area contributed by atoms with Crippen molar-refractivity contribution in [2.45, 2.75) is 25.4 Å². The van der Waals surface area contributed by atoms with E-state index in [1.807, 2.05) is 0 Å². The van der Waals surface area contributed by atoms with Crippen LogP contribution in [0.3, 0.4) is 0 Å². The van der Waals surface area contributed by atoms with Crippen LogP contribution in [0.15, 0.2) is 28.8 Å². The van der Waals surface area contributed by atoms with Crippen molar-refractivity contribution in [1.82, 2.24) is 0 Å². The minimum Gasteiger partial charge on any atom is -0.479 e. The maximum atomic E-state index is 13.5. The first-order chi connectivity index (χ1) is 11.3. The van der Waals surface area contributed by atoms with Gasteiger partial charge in [-0.05, 0) is 36.1 Å². The largest absolute Gasteiger partial charge is 0.479 e. The second-order valence-electron chi connectivity index (χ2n) is 5.22. The van der Waals surface area contributed by atoms with Gasteiger partial charge in [0.2, 0.25) is 0 Å². The molecule has 0 bridgehead atoms. The SMILES string of the molecule is C=C(CC(=O)OC1CCc2c(Br)cc(F)cc21)C(=O)OCC(=O)O. The number of aliphatic carboxylic acids is 1. The van der Waals surface area contributed by atoms with Crippen molar-refractivity contribution in [3.63, 3.8) is 0 Å². The highest BCUT2D eigenvalue weighted by Crippen LogP contribution is 2.38. The maximum Gasteiger partial charge on any atom is 0.341 e. The van der Waals surface area contributed by atoms with Crippen LogP contribution in [-0.4, -0.2) is 29.6 Å². The Balaban J connectivity index is 1.94. The van der Waals surface area contributed by atoms with E-state index in [0.717, 1.165) is 5.56 Å². The van der Waals surface area contributed by atoms with Crippen LogP contribution in [0.4, 0.5) is 4.39 Å². The molecular formula is C16H14BrFO6. The zero-order valence-corrected chi connectivity index (χ0v) is 14.1. The zero-order chi connectivity index (χ0) is 17.9. The van der Waals surface area contributed by atoms with Crippen molar-refractivity contribution in [2.75, 3.05) is 6.61 Å². The molecule has 0 radical (unpaired) electrons. The van der Waals surface area contributed by atoms with E-state index < -0.39 is 42.9 Å². The Kier molecular flexibility index (Phi) is 5.71. The summed E-state index contributed by atoms with van der Waals surface area (Å²) in [6.07, 6.45) is 0.123. The molecule has 24 heavy (non-hydrogen) atoms. The molecule has 1 aliphatic carbocycles. The van der Waals surface area contributed by atoms with Crippen molar-refractivity contribution in [3.05, 3.63) is 45.7 Å². The van der Waals surface area contributed by atoms with Crippen LogP contribution < -0.4 is 0 Å². The van der Waals surface area contributed by atoms with Gasteiger partial charge in [-0.1, -0.05) is 22.5 Å². The molecule has 1 atom stereocenters. The molecule has 1 N–H and O–H groups in total. The summed E-state index contributed by atoms with van der Waals surface area (Å²) in [4.78, 5) is 33.7. The number of ether oxygens (including phenoxy) is 2. The number of carboxylic acid groups (broad SMARTS) is 1. The first-order valence-corrected chi connectivity index (χ1v) is 7.81. The topological polar surface area (TPSA) is 89.9 Å². The lowest BCUT2D eigenvalue weighted by Crippen LogP contribution is -2.17. The molecule has 0 aliphatic heterocycles. The lowest BCUT2D eigenvalue weighted by atomic mass is 10.1. The van der Waals surface area contributed by atoms with Crippen LogP contribution in [0.1, 0.15) is 30.1 Å². The summed E-state index contributed by atoms with van der Waals surface area (Å²) < 4.78 is 23.8. The van der Waals surface area contributed by atoms with Crippen molar-refractivity contribution in [3.8, 4) is 0 Å². The number of fused-ring (bicyclic) bond motifs is 1. The molecule has 0 fully saturated rings. The van der Waals surface area contributed by atoms with Crippen LogP contribution in [0.5, 0.6) is 0 Å². The number of halogens is 2. The molecule has 0 saturated carbocycles. The minimum absolute atomic E-state index is 0.208. The van der Waals surface area contributed by atoms with E-state index >= 15 is 0 Å². The highest BCUT2D eigenvalue weighted by molar-refractivity contribution is 9.10. The quantitative estimate of drug-likeness (QED) is 0.583. The van der Waals surface area contributed by atoms with Gasteiger partial charge in [-0.2, -0.15) is 0 Å². The van der Waals surface area contributed by atoms with Crippen LogP contribution in [0.25, 0.3) is 0 Å². The monoisotopic (exact) mass is 400 g/mol. The summed E-state index contributed by atoms with van der Waals surface area (Å²) in [7, 11) is 0. The molecule has 0 aromatic heterocycles. The third-order valence-electron chi connectivity index (χ3n) is 3.45. The summed E-state index contributed by atoms with van der Waals surface area (Å²) >= 11 is 3.28. The Morgan fingerprint density at radius 2 is 2.08 bits per heavy atom. The summed E-state index contributed by atoms with van der Waals surface area (Å²) in [6.45, 7) is 2.57. The van der Waals surface area contributed by atoms with E-state index in [1.165, 1.54) is 12.1 Å². The first-order valence-electron chi connectivity index (χ1n) is 7.02. The first kappa shape index (κ1) is 18.1. The number of hydrogen-bond acceptors (Lipinski definition) is 5. The molecule has 0 saturated heterocycles. The summed E-state index contributed by atoms with van der Waals surface area (Å²) in [5.74, 6) is -3.44. The fraction of sp³-hybridized carbons (Fsp3) is 0.312. The van der Waals surface area contributed by atoms with Gasteiger partial charge in [0, 0.05) is 10.0 Å². The molecule has 1 aromatic carbocycles. The van der Waals surface area contributed by atoms with Gasteiger partial charge in [-0.15, -0.1) is 0 Å². The van der Waals surface area contributed by atoms with E-state index in [9.17, 15) is 18.8 Å². The molecule has 0 spiro atoms. The van der Waals surface area contributed by atoms with E-state index in [1.54, 1.807) is 0 Å². The number of rotatable bonds is 6. The number of carbonyl (C=O) groups excluding carboxylic acids is 2. The smallest absolute Gasteiger partial charge is 0.341 e. The Bertz CT molecular complexity index is 715. The third kappa shape index (κ3) is 4.41. The Hall–Kier alpha value is -2.22. The lowest BCUT2D eigenvalue weighted by molar-refractivity contribution is -0.154. The lowest BCUT2D eigenvalue weighted by Gasteiger charge is -2.14. The second-order valence-corrected chi connectivity index (χ2v) is 6.08. The van der Waals surface area contributed by atoms with Gasteiger partial charge < -0.3 is 14.6 Å². The van der Waals surface area contributed by atoms with E-state index in [4.69, 9.17) is 9.84 Å². The third-order valence-corrected chi connectivity index (χ3v) is 4.15. The summed E-state index contributed by atoms with van der Waals surface area (Å²) in [5.41, 5.74) is 1.27. The van der Waals surface area contributed by atoms with Crippen LogP contribution in [0.2, 0.25) is 0 Å². The summed E-state index contributed by atoms with van der Waals surface area (Å²) in [6, 6.07) is 2.67. The molecule has 1 aromatic rings. The molecule has 0 heterocycles. The number of carboxylic acids is 1. The number of carbonyl (C=O) groups is 3. The summed E-state index contributed by atoms with van der Waals surface area (Å²) in [5, 5.41) is 8.42. The fourth-order valence-corrected chi connectivity index (χ4v) is 3.05. The average Bonchev–Trinajstić information content (AvgIpc) is 2.87. The fourth-order valence-electron chi connectivity index (χ4n) is 2.40. The van der Waals surface area contributed by atoms with Gasteiger partial charge in [-0.25, -0.2) is 14.0 Å². The Morgan fingerprint density at radius 3 is 2.75 bits per heavy atom. The van der Waals surface area contributed by atoms with Gasteiger partial charge in [0.1, 0.15) is 11.9 Å². The van der Waals surface area contributed by atoms with Crippen molar-refractivity contribution in [2.24, 2.45) is 0 Å². The molecule has 0 amide bonds. The van der Waals surface area contributed by atoms with E-state index in [0.29, 0.717) is 22.9 Å². The molecule has 6 nitrogen and oxygen atoms in total. The van der Waals surface area contributed by atoms with Crippen LogP contribution in [-0.2, 0) is 30.3 Å². The van der Waals surface area contributed by atoms with Crippen LogP contribution in [0, 0.1) is 5.82 Å². The molecule has 1 unspecified atom stereocenters. The molecular weight excluding hydrogens is 387 g/mol. The van der Waals surface area contributed by atoms with E-state index in [-0.39, 0.29) is 5.57 Å². The van der Waals surface area contributed by atoms with Gasteiger partial charge in [0.05, 0.1) is 6.42 Å². The molecule has 128 valence electrons. The van der Waals surface area contributed by atoms with Gasteiger partial charge in [0.25, 0.3) is 0 Å². The normalized spacial score (nSPS) is 15.5. The molecule has 1 aliphatic rings. The highest BCUT2D eigenvalue weighted by atomic mass is 79.9. The van der Waals surface area contributed by atoms with Gasteiger partial charge in [-0.3, -0.25) is 4.79 Å². The number of benzene rings is 1. The number of hydrogen-bond donors (Lipinski definition) is 1. The molecule has 2 rings (SSSR count). The zero-order valence-electron chi connectivity index (χ0n) is 12.5. The van der Waals surface area contributed by atoms with Crippen molar-refractivity contribution in [1.29, 1.82) is 0 Å². The van der Waals surface area contributed by atoms with Crippen molar-refractivity contribution >= 4 is 33.8 Å². The predicted molar refractivity (Wildman–Crippen MR) is 83.6 cm³/mol. The standard InChI is InChI=1S/C16H14BrFO6/c1-8(16(22)23-7-14(19)20)4-15(21)24-13-3-2-10-11(13)5-9(18)6-12(10)17/h5-6,13H,1-4,7H2,(H,19,20).